The SMILES string of the molecule is CCOC(=O)N1CCN=C(N)C(N2C(=O)c3ccccc3C2=O)C1. The molecule has 0 aromatic heterocycles. The molecule has 0 fully saturated rings. The first-order chi connectivity index (χ1) is 11.5. The summed E-state index contributed by atoms with van der Waals surface area (Å²) in [4.78, 5) is 44.0. The number of amidine groups is 1. The molecule has 0 bridgehead atoms. The van der Waals surface area contributed by atoms with Crippen molar-refractivity contribution in [2.45, 2.75) is 13.0 Å². The molecule has 0 saturated carbocycles. The molecule has 3 rings (SSSR count). The highest BCUT2D eigenvalue weighted by atomic mass is 16.6. The molecule has 1 atom stereocenters. The minimum atomic E-state index is -0.802. The minimum absolute atomic E-state index is 0.0691. The van der Waals surface area contributed by atoms with Crippen LogP contribution in [-0.4, -0.2) is 65.8 Å². The number of aliphatic imine (C=N–C) groups is 1. The standard InChI is InChI=1S/C16H18N4O4/c1-2-24-16(23)19-8-7-18-13(17)12(9-19)20-14(21)10-5-3-4-6-11(10)15(20)22/h3-6,12H,2,7-9H2,1H3,(H2,17,18). The van der Waals surface area contributed by atoms with Crippen LogP contribution in [0, 0.1) is 0 Å². The van der Waals surface area contributed by atoms with Crippen LogP contribution in [0.15, 0.2) is 29.3 Å². The topological polar surface area (TPSA) is 105 Å². The second-order valence-electron chi connectivity index (χ2n) is 5.49. The fourth-order valence-corrected chi connectivity index (χ4v) is 2.88. The molecule has 3 amide bonds. The summed E-state index contributed by atoms with van der Waals surface area (Å²) >= 11 is 0. The maximum Gasteiger partial charge on any atom is 0.409 e. The Kier molecular flexibility index (Phi) is 4.20. The first-order valence-corrected chi connectivity index (χ1v) is 7.73. The Hall–Kier alpha value is -2.90. The van der Waals surface area contributed by atoms with Gasteiger partial charge in [-0.15, -0.1) is 0 Å². The lowest BCUT2D eigenvalue weighted by Crippen LogP contribution is -2.53. The van der Waals surface area contributed by atoms with E-state index in [4.69, 9.17) is 10.5 Å². The van der Waals surface area contributed by atoms with Crippen molar-refractivity contribution in [2.75, 3.05) is 26.2 Å². The number of hydrogen-bond donors (Lipinski definition) is 1. The van der Waals surface area contributed by atoms with E-state index in [-0.39, 0.29) is 19.0 Å². The van der Waals surface area contributed by atoms with Crippen LogP contribution in [0.1, 0.15) is 27.6 Å². The van der Waals surface area contributed by atoms with Gasteiger partial charge in [-0.05, 0) is 19.1 Å². The number of rotatable bonds is 2. The zero-order valence-corrected chi connectivity index (χ0v) is 13.3. The van der Waals surface area contributed by atoms with E-state index in [0.717, 1.165) is 4.90 Å². The quantitative estimate of drug-likeness (QED) is 0.794. The molecule has 1 unspecified atom stereocenters. The summed E-state index contributed by atoms with van der Waals surface area (Å²) in [5.41, 5.74) is 6.65. The van der Waals surface area contributed by atoms with Crippen LogP contribution in [0.25, 0.3) is 0 Å². The lowest BCUT2D eigenvalue weighted by Gasteiger charge is -2.29. The van der Waals surface area contributed by atoms with Crippen LogP contribution in [0.4, 0.5) is 4.79 Å². The summed E-state index contributed by atoms with van der Waals surface area (Å²) in [5, 5.41) is 0. The molecule has 0 spiro atoms. The maximum atomic E-state index is 12.6. The smallest absolute Gasteiger partial charge is 0.409 e. The van der Waals surface area contributed by atoms with Gasteiger partial charge in [0.1, 0.15) is 11.9 Å². The first kappa shape index (κ1) is 16.0. The second kappa shape index (κ2) is 6.31. The number of carbonyl (C=O) groups excluding carboxylic acids is 3. The van der Waals surface area contributed by atoms with Gasteiger partial charge in [0, 0.05) is 6.54 Å². The zero-order valence-electron chi connectivity index (χ0n) is 13.3. The van der Waals surface area contributed by atoms with E-state index in [0.29, 0.717) is 24.2 Å². The molecule has 1 aromatic rings. The molecule has 0 saturated heterocycles. The molecule has 2 aliphatic heterocycles. The Morgan fingerprint density at radius 2 is 1.92 bits per heavy atom. The number of nitrogens with zero attached hydrogens (tertiary/aromatic N) is 3. The highest BCUT2D eigenvalue weighted by Crippen LogP contribution is 2.25. The van der Waals surface area contributed by atoms with Crippen molar-refractivity contribution >= 4 is 23.7 Å². The maximum absolute atomic E-state index is 12.6. The van der Waals surface area contributed by atoms with Gasteiger partial charge in [-0.3, -0.25) is 19.5 Å². The average molecular weight is 330 g/mol. The van der Waals surface area contributed by atoms with Gasteiger partial charge >= 0.3 is 6.09 Å². The largest absolute Gasteiger partial charge is 0.450 e. The van der Waals surface area contributed by atoms with Gasteiger partial charge in [0.05, 0.1) is 30.8 Å². The molecule has 1 aromatic carbocycles. The molecule has 0 radical (unpaired) electrons. The highest BCUT2D eigenvalue weighted by molar-refractivity contribution is 6.23. The normalized spacial score (nSPS) is 20.5. The van der Waals surface area contributed by atoms with Crippen molar-refractivity contribution in [1.29, 1.82) is 0 Å². The van der Waals surface area contributed by atoms with E-state index < -0.39 is 23.9 Å². The molecule has 2 heterocycles. The monoisotopic (exact) mass is 330 g/mol. The molecule has 8 nitrogen and oxygen atoms in total. The minimum Gasteiger partial charge on any atom is -0.450 e. The summed E-state index contributed by atoms with van der Waals surface area (Å²) in [5.74, 6) is -0.690. The van der Waals surface area contributed by atoms with Crippen LogP contribution < -0.4 is 5.73 Å². The second-order valence-corrected chi connectivity index (χ2v) is 5.49. The number of benzene rings is 1. The fourth-order valence-electron chi connectivity index (χ4n) is 2.88. The van der Waals surface area contributed by atoms with Crippen LogP contribution >= 0.6 is 0 Å². The number of hydrogen-bond acceptors (Lipinski definition) is 6. The van der Waals surface area contributed by atoms with Crippen molar-refractivity contribution in [3.63, 3.8) is 0 Å². The molecule has 2 N–H and O–H groups in total. The van der Waals surface area contributed by atoms with Gasteiger partial charge in [0.25, 0.3) is 11.8 Å². The summed E-state index contributed by atoms with van der Waals surface area (Å²) in [6.07, 6.45) is -0.510. The van der Waals surface area contributed by atoms with Crippen LogP contribution in [0.3, 0.4) is 0 Å². The van der Waals surface area contributed by atoms with Gasteiger partial charge in [-0.25, -0.2) is 4.79 Å². The van der Waals surface area contributed by atoms with Crippen LogP contribution in [-0.2, 0) is 4.74 Å². The van der Waals surface area contributed by atoms with Gasteiger partial charge < -0.3 is 15.4 Å². The Morgan fingerprint density at radius 3 is 2.50 bits per heavy atom. The summed E-state index contributed by atoms with van der Waals surface area (Å²) < 4.78 is 5.01. The van der Waals surface area contributed by atoms with Crippen molar-refractivity contribution in [3.05, 3.63) is 35.4 Å². The van der Waals surface area contributed by atoms with E-state index in [1.54, 1.807) is 31.2 Å². The fraction of sp³-hybridized carbons (Fsp3) is 0.375. The molecule has 24 heavy (non-hydrogen) atoms. The lowest BCUT2D eigenvalue weighted by molar-refractivity contribution is 0.0581. The molecule has 126 valence electrons. The molecule has 0 aliphatic carbocycles. The third-order valence-corrected chi connectivity index (χ3v) is 4.06. The molecular weight excluding hydrogens is 312 g/mol. The van der Waals surface area contributed by atoms with Crippen molar-refractivity contribution in [3.8, 4) is 0 Å². The van der Waals surface area contributed by atoms with Crippen LogP contribution in [0.5, 0.6) is 0 Å². The average Bonchev–Trinajstić information content (AvgIpc) is 2.72. The van der Waals surface area contributed by atoms with Gasteiger partial charge in [-0.2, -0.15) is 0 Å². The number of carbonyl (C=O) groups is 3. The molecular formula is C16H18N4O4. The molecule has 2 aliphatic rings. The number of nitrogens with two attached hydrogens (primary N) is 1. The van der Waals surface area contributed by atoms with Crippen molar-refractivity contribution in [1.82, 2.24) is 9.80 Å². The predicted molar refractivity (Wildman–Crippen MR) is 85.8 cm³/mol. The third-order valence-electron chi connectivity index (χ3n) is 4.06. The lowest BCUT2D eigenvalue weighted by atomic mass is 10.1. The Bertz CT molecular complexity index is 696. The third kappa shape index (κ3) is 2.60. The Morgan fingerprint density at radius 1 is 1.29 bits per heavy atom. The van der Waals surface area contributed by atoms with Gasteiger partial charge in [-0.1, -0.05) is 12.1 Å². The number of amides is 3. The van der Waals surface area contributed by atoms with Gasteiger partial charge in [0.15, 0.2) is 0 Å². The van der Waals surface area contributed by atoms with E-state index in [1.807, 2.05) is 0 Å². The van der Waals surface area contributed by atoms with E-state index in [9.17, 15) is 14.4 Å². The first-order valence-electron chi connectivity index (χ1n) is 7.73. The highest BCUT2D eigenvalue weighted by Gasteiger charge is 2.42. The van der Waals surface area contributed by atoms with Crippen LogP contribution in [0.2, 0.25) is 0 Å². The Labute approximate surface area is 138 Å². The van der Waals surface area contributed by atoms with Gasteiger partial charge in [0.2, 0.25) is 0 Å². The van der Waals surface area contributed by atoms with Crippen molar-refractivity contribution in [2.24, 2.45) is 10.7 Å². The number of fused-ring (bicyclic) bond motifs is 1. The van der Waals surface area contributed by atoms with E-state index in [1.165, 1.54) is 4.90 Å². The van der Waals surface area contributed by atoms with E-state index in [2.05, 4.69) is 4.99 Å². The summed E-state index contributed by atoms with van der Waals surface area (Å²) in [7, 11) is 0. The molecule has 8 heteroatoms. The van der Waals surface area contributed by atoms with E-state index >= 15 is 0 Å². The number of imide groups is 1. The predicted octanol–water partition coefficient (Wildman–Crippen LogP) is 0.480. The number of ether oxygens (including phenoxy) is 1. The Balaban J connectivity index is 1.90. The zero-order chi connectivity index (χ0) is 17.3. The summed E-state index contributed by atoms with van der Waals surface area (Å²) in [6, 6.07) is 5.79. The van der Waals surface area contributed by atoms with Crippen molar-refractivity contribution < 1.29 is 19.1 Å². The summed E-state index contributed by atoms with van der Waals surface area (Å²) in [6.45, 7) is 2.63.